The van der Waals surface area contributed by atoms with Crippen molar-refractivity contribution in [3.05, 3.63) is 17.8 Å². The fourth-order valence-corrected chi connectivity index (χ4v) is 2.18. The van der Waals surface area contributed by atoms with Crippen LogP contribution >= 0.6 is 0 Å². The quantitative estimate of drug-likeness (QED) is 0.870. The van der Waals surface area contributed by atoms with Gasteiger partial charge in [0.2, 0.25) is 0 Å². The molecule has 1 aromatic rings. The molecule has 1 rings (SSSR count). The smallest absolute Gasteiger partial charge is 0.163 e. The Morgan fingerprint density at radius 2 is 1.82 bits per heavy atom. The molecule has 0 spiro atoms. The van der Waals surface area contributed by atoms with Gasteiger partial charge in [-0.3, -0.25) is 0 Å². The van der Waals surface area contributed by atoms with Crippen molar-refractivity contribution in [3.8, 4) is 6.07 Å². The van der Waals surface area contributed by atoms with E-state index in [2.05, 4.69) is 50.1 Å². The molecule has 17 heavy (non-hydrogen) atoms. The van der Waals surface area contributed by atoms with Crippen molar-refractivity contribution in [2.45, 2.75) is 46.6 Å². The van der Waals surface area contributed by atoms with Crippen LogP contribution in [0.1, 0.15) is 46.7 Å². The van der Waals surface area contributed by atoms with Crippen molar-refractivity contribution in [1.29, 1.82) is 5.26 Å². The van der Waals surface area contributed by atoms with E-state index >= 15 is 0 Å². The Bertz CT molecular complexity index is 407. The lowest BCUT2D eigenvalue weighted by molar-refractivity contribution is 0.302. The highest BCUT2D eigenvalue weighted by atomic mass is 15.2. The number of nitriles is 1. The number of hydrogen-bond donors (Lipinski definition) is 1. The van der Waals surface area contributed by atoms with Crippen molar-refractivity contribution in [2.24, 2.45) is 5.41 Å². The lowest BCUT2D eigenvalue weighted by Crippen LogP contribution is -2.35. The van der Waals surface area contributed by atoms with E-state index in [0.717, 1.165) is 6.42 Å². The fraction of sp³-hybridized carbons (Fsp3) is 0.615. The first-order valence-electron chi connectivity index (χ1n) is 5.74. The van der Waals surface area contributed by atoms with Crippen molar-refractivity contribution in [2.75, 3.05) is 5.32 Å². The summed E-state index contributed by atoms with van der Waals surface area (Å²) in [4.78, 5) is 0. The molecule has 0 aliphatic heterocycles. The minimum Gasteiger partial charge on any atom is -0.364 e. The lowest BCUT2D eigenvalue weighted by atomic mass is 9.82. The first kappa shape index (κ1) is 13.4. The minimum atomic E-state index is -0.0545. The Morgan fingerprint density at radius 3 is 2.24 bits per heavy atom. The molecule has 4 nitrogen and oxygen atoms in total. The summed E-state index contributed by atoms with van der Waals surface area (Å²) < 4.78 is 0. The summed E-state index contributed by atoms with van der Waals surface area (Å²) in [5, 5.41) is 19.8. The topological polar surface area (TPSA) is 61.6 Å². The van der Waals surface area contributed by atoms with Crippen LogP contribution in [0, 0.1) is 16.7 Å². The van der Waals surface area contributed by atoms with Crippen LogP contribution in [0.25, 0.3) is 0 Å². The van der Waals surface area contributed by atoms with E-state index in [0.29, 0.717) is 11.5 Å². The maximum Gasteiger partial charge on any atom is 0.163 e. The van der Waals surface area contributed by atoms with Gasteiger partial charge in [0.1, 0.15) is 11.9 Å². The molecule has 0 saturated heterocycles. The second-order valence-corrected chi connectivity index (χ2v) is 6.16. The molecule has 0 atom stereocenters. The zero-order valence-electron chi connectivity index (χ0n) is 11.2. The average Bonchev–Trinajstić information content (AvgIpc) is 2.14. The Hall–Kier alpha value is -1.63. The third-order valence-electron chi connectivity index (χ3n) is 2.22. The first-order valence-corrected chi connectivity index (χ1v) is 5.74. The highest BCUT2D eigenvalue weighted by Crippen LogP contribution is 2.28. The van der Waals surface area contributed by atoms with E-state index < -0.39 is 0 Å². The van der Waals surface area contributed by atoms with Crippen LogP contribution in [0.15, 0.2) is 12.1 Å². The van der Waals surface area contributed by atoms with Gasteiger partial charge < -0.3 is 5.32 Å². The van der Waals surface area contributed by atoms with Crippen LogP contribution in [0.2, 0.25) is 0 Å². The monoisotopic (exact) mass is 232 g/mol. The maximum absolute atomic E-state index is 8.64. The zero-order valence-corrected chi connectivity index (χ0v) is 11.2. The average molecular weight is 232 g/mol. The Labute approximate surface area is 103 Å². The number of nitrogens with one attached hydrogen (secondary N) is 1. The minimum absolute atomic E-state index is 0.0545. The van der Waals surface area contributed by atoms with Gasteiger partial charge in [0.05, 0.1) is 0 Å². The molecule has 1 aromatic heterocycles. The lowest BCUT2D eigenvalue weighted by Gasteiger charge is -2.33. The second kappa shape index (κ2) is 4.70. The molecule has 0 radical (unpaired) electrons. The van der Waals surface area contributed by atoms with Gasteiger partial charge in [0.25, 0.3) is 0 Å². The van der Waals surface area contributed by atoms with E-state index in [4.69, 9.17) is 5.26 Å². The van der Waals surface area contributed by atoms with E-state index in [9.17, 15) is 0 Å². The molecule has 0 saturated carbocycles. The molecule has 0 bridgehead atoms. The maximum atomic E-state index is 8.64. The molecular formula is C13H20N4. The number of aromatic nitrogens is 2. The number of anilines is 1. The molecule has 0 aromatic carbocycles. The number of hydrogen-bond acceptors (Lipinski definition) is 4. The summed E-state index contributed by atoms with van der Waals surface area (Å²) in [5.74, 6) is 0.707. The third kappa shape index (κ3) is 4.81. The van der Waals surface area contributed by atoms with E-state index in [1.54, 1.807) is 12.1 Å². The highest BCUT2D eigenvalue weighted by Gasteiger charge is 2.25. The molecule has 4 heteroatoms. The van der Waals surface area contributed by atoms with Crippen LogP contribution in [0.5, 0.6) is 0 Å². The summed E-state index contributed by atoms with van der Waals surface area (Å²) in [5.41, 5.74) is 0.529. The van der Waals surface area contributed by atoms with Crippen LogP contribution < -0.4 is 5.32 Å². The van der Waals surface area contributed by atoms with Gasteiger partial charge in [-0.25, -0.2) is 0 Å². The van der Waals surface area contributed by atoms with Gasteiger partial charge in [0.15, 0.2) is 5.69 Å². The van der Waals surface area contributed by atoms with Crippen LogP contribution in [-0.4, -0.2) is 15.7 Å². The molecule has 0 aliphatic rings. The predicted molar refractivity (Wildman–Crippen MR) is 68.5 cm³/mol. The molecule has 0 unspecified atom stereocenters. The molecule has 1 N–H and O–H groups in total. The normalized spacial score (nSPS) is 12.0. The Kier molecular flexibility index (Phi) is 3.72. The van der Waals surface area contributed by atoms with Crippen molar-refractivity contribution >= 4 is 5.82 Å². The third-order valence-corrected chi connectivity index (χ3v) is 2.22. The van der Waals surface area contributed by atoms with E-state index in [1.165, 1.54) is 0 Å². The van der Waals surface area contributed by atoms with Crippen LogP contribution in [0.3, 0.4) is 0 Å². The van der Waals surface area contributed by atoms with Crippen LogP contribution in [0.4, 0.5) is 5.82 Å². The SMILES string of the molecule is CC(C)(C)CC(C)(C)Nc1ccc(C#N)nn1. The van der Waals surface area contributed by atoms with Gasteiger partial charge >= 0.3 is 0 Å². The van der Waals surface area contributed by atoms with Crippen molar-refractivity contribution in [1.82, 2.24) is 10.2 Å². The molecular weight excluding hydrogens is 212 g/mol. The van der Waals surface area contributed by atoms with E-state index in [-0.39, 0.29) is 11.0 Å². The van der Waals surface area contributed by atoms with Gasteiger partial charge in [-0.2, -0.15) is 5.26 Å². The Balaban J connectivity index is 2.73. The molecule has 0 amide bonds. The molecule has 92 valence electrons. The predicted octanol–water partition coefficient (Wildman–Crippen LogP) is 2.97. The standard InChI is InChI=1S/C13H20N4/c1-12(2,3)9-13(4,5)15-11-7-6-10(8-14)16-17-11/h6-7H,9H2,1-5H3,(H,15,17). The largest absolute Gasteiger partial charge is 0.364 e. The zero-order chi connectivity index (χ0) is 13.1. The summed E-state index contributed by atoms with van der Waals surface area (Å²) in [6.07, 6.45) is 1.02. The molecule has 0 aliphatic carbocycles. The summed E-state index contributed by atoms with van der Waals surface area (Å²) >= 11 is 0. The fourth-order valence-electron chi connectivity index (χ4n) is 2.18. The van der Waals surface area contributed by atoms with E-state index in [1.807, 2.05) is 6.07 Å². The number of rotatable bonds is 3. The summed E-state index contributed by atoms with van der Waals surface area (Å²) in [7, 11) is 0. The highest BCUT2D eigenvalue weighted by molar-refractivity contribution is 5.37. The van der Waals surface area contributed by atoms with Crippen molar-refractivity contribution < 1.29 is 0 Å². The van der Waals surface area contributed by atoms with Crippen molar-refractivity contribution in [3.63, 3.8) is 0 Å². The van der Waals surface area contributed by atoms with Gasteiger partial charge in [0, 0.05) is 5.54 Å². The van der Waals surface area contributed by atoms with Gasteiger partial charge in [-0.1, -0.05) is 20.8 Å². The molecule has 1 heterocycles. The number of nitrogens with zero attached hydrogens (tertiary/aromatic N) is 3. The van der Waals surface area contributed by atoms with Crippen LogP contribution in [-0.2, 0) is 0 Å². The molecule has 0 fully saturated rings. The first-order chi connectivity index (χ1) is 7.72. The second-order valence-electron chi connectivity index (χ2n) is 6.16. The summed E-state index contributed by atoms with van der Waals surface area (Å²) in [6, 6.07) is 5.41. The Morgan fingerprint density at radius 1 is 1.18 bits per heavy atom. The summed E-state index contributed by atoms with van der Waals surface area (Å²) in [6.45, 7) is 10.9. The van der Waals surface area contributed by atoms with Gasteiger partial charge in [-0.05, 0) is 37.8 Å². The van der Waals surface area contributed by atoms with Gasteiger partial charge in [-0.15, -0.1) is 10.2 Å².